The Morgan fingerprint density at radius 3 is 2.68 bits per heavy atom. The van der Waals surface area contributed by atoms with Gasteiger partial charge in [-0.05, 0) is 12.1 Å². The summed E-state index contributed by atoms with van der Waals surface area (Å²) >= 11 is 0. The fourth-order valence-corrected chi connectivity index (χ4v) is 1.24. The summed E-state index contributed by atoms with van der Waals surface area (Å²) in [5.41, 5.74) is 4.58. The molecule has 2 amide bonds. The van der Waals surface area contributed by atoms with E-state index in [1.54, 1.807) is 26.0 Å². The molecule has 2 aromatic rings. The number of hydrogen-bond donors (Lipinski definition) is 2. The molecule has 2 rings (SSSR count). The number of amides is 2. The number of hydrazine groups is 1. The normalized spacial score (nSPS) is 10.5. The van der Waals surface area contributed by atoms with Crippen molar-refractivity contribution in [3.63, 3.8) is 0 Å². The summed E-state index contributed by atoms with van der Waals surface area (Å²) < 4.78 is 10.1. The molecule has 2 aromatic heterocycles. The van der Waals surface area contributed by atoms with Crippen LogP contribution < -0.4 is 10.9 Å². The van der Waals surface area contributed by atoms with Gasteiger partial charge in [-0.15, -0.1) is 0 Å². The molecule has 0 fully saturated rings. The fraction of sp³-hybridized carbons (Fsp3) is 0.250. The zero-order valence-corrected chi connectivity index (χ0v) is 10.5. The van der Waals surface area contributed by atoms with Crippen LogP contribution in [0.15, 0.2) is 33.4 Å². The molecule has 0 bridgehead atoms. The maximum absolute atomic E-state index is 11.7. The van der Waals surface area contributed by atoms with Crippen molar-refractivity contribution >= 4 is 11.8 Å². The third-order valence-corrected chi connectivity index (χ3v) is 2.33. The van der Waals surface area contributed by atoms with Crippen molar-refractivity contribution in [1.82, 2.24) is 16.0 Å². The third kappa shape index (κ3) is 3.01. The lowest BCUT2D eigenvalue weighted by molar-refractivity contribution is -0.124. The predicted molar refractivity (Wildman–Crippen MR) is 64.7 cm³/mol. The number of aromatic nitrogens is 1. The van der Waals surface area contributed by atoms with Gasteiger partial charge in [0.1, 0.15) is 0 Å². The summed E-state index contributed by atoms with van der Waals surface area (Å²) in [6.45, 7) is 3.43. The third-order valence-electron chi connectivity index (χ3n) is 2.33. The van der Waals surface area contributed by atoms with Crippen molar-refractivity contribution in [2.24, 2.45) is 5.92 Å². The molecule has 7 heteroatoms. The van der Waals surface area contributed by atoms with E-state index in [1.165, 1.54) is 12.3 Å². The first kappa shape index (κ1) is 12.9. The second-order valence-electron chi connectivity index (χ2n) is 4.15. The number of nitrogens with zero attached hydrogens (tertiary/aromatic N) is 1. The van der Waals surface area contributed by atoms with Gasteiger partial charge in [0, 0.05) is 12.0 Å². The molecule has 7 nitrogen and oxygen atoms in total. The SMILES string of the molecule is CC(C)C(=O)NNC(=O)c1cc(-c2ccco2)on1. The Balaban J connectivity index is 1.99. The quantitative estimate of drug-likeness (QED) is 0.815. The first-order chi connectivity index (χ1) is 9.08. The smallest absolute Gasteiger partial charge is 0.291 e. The average molecular weight is 263 g/mol. The summed E-state index contributed by atoms with van der Waals surface area (Å²) in [4.78, 5) is 23.0. The van der Waals surface area contributed by atoms with Gasteiger partial charge >= 0.3 is 0 Å². The van der Waals surface area contributed by atoms with Crippen LogP contribution in [0.3, 0.4) is 0 Å². The second-order valence-corrected chi connectivity index (χ2v) is 4.15. The van der Waals surface area contributed by atoms with Crippen LogP contribution in [-0.4, -0.2) is 17.0 Å². The van der Waals surface area contributed by atoms with Crippen molar-refractivity contribution in [3.05, 3.63) is 30.2 Å². The molecule has 2 N–H and O–H groups in total. The van der Waals surface area contributed by atoms with Crippen molar-refractivity contribution in [2.75, 3.05) is 0 Å². The molecule has 0 aromatic carbocycles. The van der Waals surface area contributed by atoms with E-state index in [2.05, 4.69) is 16.0 Å². The van der Waals surface area contributed by atoms with Crippen LogP contribution in [0.5, 0.6) is 0 Å². The molecule has 0 aliphatic carbocycles. The Labute approximate surface area is 108 Å². The lowest BCUT2D eigenvalue weighted by Crippen LogP contribution is -2.43. The number of rotatable bonds is 3. The molecular weight excluding hydrogens is 250 g/mol. The standard InChI is InChI=1S/C12H13N3O4/c1-7(2)11(16)13-14-12(17)8-6-10(19-15-8)9-4-3-5-18-9/h3-7H,1-2H3,(H,13,16)(H,14,17). The summed E-state index contributed by atoms with van der Waals surface area (Å²) in [6, 6.07) is 4.80. The van der Waals surface area contributed by atoms with Gasteiger partial charge in [-0.2, -0.15) is 0 Å². The molecule has 19 heavy (non-hydrogen) atoms. The molecule has 0 atom stereocenters. The Hall–Kier alpha value is -2.57. The molecule has 0 spiro atoms. The van der Waals surface area contributed by atoms with E-state index in [0.717, 1.165) is 0 Å². The van der Waals surface area contributed by atoms with Gasteiger partial charge in [-0.1, -0.05) is 19.0 Å². The van der Waals surface area contributed by atoms with Crippen LogP contribution in [0.1, 0.15) is 24.3 Å². The number of furan rings is 1. The molecule has 2 heterocycles. The van der Waals surface area contributed by atoms with E-state index in [-0.39, 0.29) is 17.5 Å². The van der Waals surface area contributed by atoms with E-state index in [9.17, 15) is 9.59 Å². The van der Waals surface area contributed by atoms with Crippen LogP contribution >= 0.6 is 0 Å². The monoisotopic (exact) mass is 263 g/mol. The number of carbonyl (C=O) groups excluding carboxylic acids is 2. The molecular formula is C12H13N3O4. The highest BCUT2D eigenvalue weighted by atomic mass is 16.5. The van der Waals surface area contributed by atoms with E-state index >= 15 is 0 Å². The predicted octanol–water partition coefficient (Wildman–Crippen LogP) is 1.35. The molecule has 0 aliphatic heterocycles. The average Bonchev–Trinajstić information content (AvgIpc) is 3.04. The van der Waals surface area contributed by atoms with Gasteiger partial charge in [0.15, 0.2) is 11.5 Å². The molecule has 0 aliphatic rings. The lowest BCUT2D eigenvalue weighted by Gasteiger charge is -2.07. The largest absolute Gasteiger partial charge is 0.461 e. The van der Waals surface area contributed by atoms with Crippen LogP contribution in [0.25, 0.3) is 11.5 Å². The van der Waals surface area contributed by atoms with Crippen LogP contribution in [-0.2, 0) is 4.79 Å². The Morgan fingerprint density at radius 2 is 2.05 bits per heavy atom. The topological polar surface area (TPSA) is 97.4 Å². The maximum Gasteiger partial charge on any atom is 0.291 e. The fourth-order valence-electron chi connectivity index (χ4n) is 1.24. The minimum absolute atomic E-state index is 0.0513. The lowest BCUT2D eigenvalue weighted by atomic mass is 10.2. The minimum Gasteiger partial charge on any atom is -0.461 e. The van der Waals surface area contributed by atoms with E-state index < -0.39 is 5.91 Å². The van der Waals surface area contributed by atoms with Gasteiger partial charge in [-0.3, -0.25) is 20.4 Å². The Kier molecular flexibility index (Phi) is 3.65. The highest BCUT2D eigenvalue weighted by molar-refractivity contribution is 5.94. The van der Waals surface area contributed by atoms with Gasteiger partial charge in [0.2, 0.25) is 11.7 Å². The van der Waals surface area contributed by atoms with Crippen molar-refractivity contribution in [2.45, 2.75) is 13.8 Å². The summed E-state index contributed by atoms with van der Waals surface area (Å²) in [7, 11) is 0. The summed E-state index contributed by atoms with van der Waals surface area (Å²) in [5, 5.41) is 3.60. The summed E-state index contributed by atoms with van der Waals surface area (Å²) in [5.74, 6) is -0.266. The number of hydrogen-bond acceptors (Lipinski definition) is 5. The van der Waals surface area contributed by atoms with Gasteiger partial charge in [0.25, 0.3) is 5.91 Å². The Bertz CT molecular complexity index is 572. The van der Waals surface area contributed by atoms with Crippen molar-refractivity contribution in [1.29, 1.82) is 0 Å². The van der Waals surface area contributed by atoms with Gasteiger partial charge < -0.3 is 8.94 Å². The first-order valence-corrected chi connectivity index (χ1v) is 5.68. The first-order valence-electron chi connectivity index (χ1n) is 5.68. The number of carbonyl (C=O) groups is 2. The zero-order chi connectivity index (χ0) is 13.8. The van der Waals surface area contributed by atoms with Crippen LogP contribution in [0.2, 0.25) is 0 Å². The molecule has 0 saturated heterocycles. The van der Waals surface area contributed by atoms with Crippen LogP contribution in [0.4, 0.5) is 0 Å². The van der Waals surface area contributed by atoms with Gasteiger partial charge in [-0.25, -0.2) is 0 Å². The van der Waals surface area contributed by atoms with Crippen LogP contribution in [0, 0.1) is 5.92 Å². The second kappa shape index (κ2) is 5.38. The maximum atomic E-state index is 11.7. The zero-order valence-electron chi connectivity index (χ0n) is 10.5. The number of nitrogens with one attached hydrogen (secondary N) is 2. The molecule has 0 radical (unpaired) electrons. The van der Waals surface area contributed by atoms with E-state index in [4.69, 9.17) is 8.94 Å². The van der Waals surface area contributed by atoms with E-state index in [1.807, 2.05) is 0 Å². The van der Waals surface area contributed by atoms with Crippen molar-refractivity contribution < 1.29 is 18.5 Å². The minimum atomic E-state index is -0.560. The molecule has 0 saturated carbocycles. The summed E-state index contributed by atoms with van der Waals surface area (Å²) in [6.07, 6.45) is 1.49. The Morgan fingerprint density at radius 1 is 1.26 bits per heavy atom. The van der Waals surface area contributed by atoms with E-state index in [0.29, 0.717) is 11.5 Å². The highest BCUT2D eigenvalue weighted by Crippen LogP contribution is 2.20. The molecule has 100 valence electrons. The highest BCUT2D eigenvalue weighted by Gasteiger charge is 2.16. The van der Waals surface area contributed by atoms with Crippen molar-refractivity contribution in [3.8, 4) is 11.5 Å². The molecule has 0 unspecified atom stereocenters. The van der Waals surface area contributed by atoms with Gasteiger partial charge in [0.05, 0.1) is 6.26 Å².